The number of hydrogen-bond acceptors (Lipinski definition) is 2. The van der Waals surface area contributed by atoms with Crippen molar-refractivity contribution in [3.05, 3.63) is 42.5 Å². The van der Waals surface area contributed by atoms with Gasteiger partial charge in [-0.1, -0.05) is 32.3 Å². The first-order valence-electron chi connectivity index (χ1n) is 8.14. The average molecular weight is 285 g/mol. The highest BCUT2D eigenvalue weighted by atomic mass is 16.1. The number of allylic oxidation sites excluding steroid dienone is 1. The fourth-order valence-corrected chi connectivity index (χ4v) is 3.50. The zero-order valence-corrected chi connectivity index (χ0v) is 13.1. The molecule has 0 saturated heterocycles. The van der Waals surface area contributed by atoms with Gasteiger partial charge in [-0.25, -0.2) is 0 Å². The van der Waals surface area contributed by atoms with Gasteiger partial charge in [-0.2, -0.15) is 0 Å². The lowest BCUT2D eigenvalue weighted by atomic mass is 9.77. The van der Waals surface area contributed by atoms with Crippen LogP contribution < -0.4 is 5.32 Å². The van der Waals surface area contributed by atoms with Gasteiger partial charge in [0.1, 0.15) is 6.29 Å². The molecule has 0 radical (unpaired) electrons. The highest BCUT2D eigenvalue weighted by molar-refractivity contribution is 5.75. The van der Waals surface area contributed by atoms with Gasteiger partial charge in [0.15, 0.2) is 0 Å². The summed E-state index contributed by atoms with van der Waals surface area (Å²) in [5, 5.41) is 3.81. The molecule has 1 fully saturated rings. The first-order chi connectivity index (χ1) is 10.2. The van der Waals surface area contributed by atoms with Crippen LogP contribution in [0.4, 0.5) is 5.69 Å². The van der Waals surface area contributed by atoms with Gasteiger partial charge in [-0.15, -0.1) is 6.58 Å². The third kappa shape index (κ3) is 3.96. The fourth-order valence-electron chi connectivity index (χ4n) is 3.50. The number of rotatable bonds is 6. The molecule has 2 rings (SSSR count). The van der Waals surface area contributed by atoms with Gasteiger partial charge in [0.25, 0.3) is 0 Å². The normalized spacial score (nSPS) is 25.9. The van der Waals surface area contributed by atoms with Crippen LogP contribution in [0.25, 0.3) is 0 Å². The number of carbonyl (C=O) groups is 1. The molecule has 1 saturated carbocycles. The van der Waals surface area contributed by atoms with Gasteiger partial charge in [-0.05, 0) is 55.9 Å². The Kier molecular flexibility index (Phi) is 5.60. The molecule has 0 bridgehead atoms. The second-order valence-corrected chi connectivity index (χ2v) is 6.35. The van der Waals surface area contributed by atoms with E-state index in [1.807, 2.05) is 30.3 Å². The minimum Gasteiger partial charge on any atom is -0.379 e. The quantitative estimate of drug-likeness (QED) is 0.441. The monoisotopic (exact) mass is 285 g/mol. The molecule has 1 aromatic rings. The largest absolute Gasteiger partial charge is 0.379 e. The summed E-state index contributed by atoms with van der Waals surface area (Å²) >= 11 is 0. The third-order valence-corrected chi connectivity index (χ3v) is 4.94. The van der Waals surface area contributed by atoms with Crippen molar-refractivity contribution in [2.45, 2.75) is 57.4 Å². The van der Waals surface area contributed by atoms with E-state index in [0.717, 1.165) is 30.4 Å². The molecule has 1 aliphatic rings. The van der Waals surface area contributed by atoms with Gasteiger partial charge in [0, 0.05) is 16.8 Å². The lowest BCUT2D eigenvalue weighted by Crippen LogP contribution is -2.44. The average Bonchev–Trinajstić information content (AvgIpc) is 2.69. The van der Waals surface area contributed by atoms with Crippen LogP contribution in [0.5, 0.6) is 0 Å². The molecule has 0 aromatic heterocycles. The number of nitrogens with one attached hydrogen (secondary N) is 1. The molecule has 1 N–H and O–H groups in total. The van der Waals surface area contributed by atoms with Gasteiger partial charge < -0.3 is 5.32 Å². The van der Waals surface area contributed by atoms with E-state index in [1.165, 1.54) is 32.1 Å². The molecule has 2 unspecified atom stereocenters. The summed E-state index contributed by atoms with van der Waals surface area (Å²) in [6, 6.07) is 7.82. The maximum Gasteiger partial charge on any atom is 0.150 e. The SMILES string of the molecule is C=CCCC1(Nc2ccc(C=O)cc2)CCCCCC1C. The molecular formula is C19H27NO. The van der Waals surface area contributed by atoms with Crippen LogP contribution >= 0.6 is 0 Å². The van der Waals surface area contributed by atoms with Crippen molar-refractivity contribution in [3.8, 4) is 0 Å². The van der Waals surface area contributed by atoms with Crippen molar-refractivity contribution >= 4 is 12.0 Å². The molecule has 2 nitrogen and oxygen atoms in total. The number of carbonyl (C=O) groups excluding carboxylic acids is 1. The Labute approximate surface area is 128 Å². The third-order valence-electron chi connectivity index (χ3n) is 4.94. The summed E-state index contributed by atoms with van der Waals surface area (Å²) in [4.78, 5) is 10.8. The minimum absolute atomic E-state index is 0.160. The predicted octanol–water partition coefficient (Wildman–Crippen LogP) is 5.22. The Morgan fingerprint density at radius 3 is 2.71 bits per heavy atom. The maximum atomic E-state index is 10.8. The summed E-state index contributed by atoms with van der Waals surface area (Å²) in [5.74, 6) is 0.658. The maximum absolute atomic E-state index is 10.8. The molecule has 21 heavy (non-hydrogen) atoms. The van der Waals surface area contributed by atoms with Crippen LogP contribution in [-0.2, 0) is 0 Å². The van der Waals surface area contributed by atoms with Crippen LogP contribution in [0.15, 0.2) is 36.9 Å². The Bertz CT molecular complexity index is 465. The van der Waals surface area contributed by atoms with E-state index in [9.17, 15) is 4.79 Å². The summed E-state index contributed by atoms with van der Waals surface area (Å²) in [6.45, 7) is 6.26. The molecule has 0 amide bonds. The number of aldehydes is 1. The van der Waals surface area contributed by atoms with Crippen molar-refractivity contribution in [1.29, 1.82) is 0 Å². The molecule has 2 atom stereocenters. The van der Waals surface area contributed by atoms with Crippen LogP contribution in [-0.4, -0.2) is 11.8 Å². The first-order valence-corrected chi connectivity index (χ1v) is 8.14. The molecule has 0 heterocycles. The minimum atomic E-state index is 0.160. The van der Waals surface area contributed by atoms with E-state index in [-0.39, 0.29) is 5.54 Å². The van der Waals surface area contributed by atoms with Crippen LogP contribution in [0, 0.1) is 5.92 Å². The van der Waals surface area contributed by atoms with Gasteiger partial charge in [0.05, 0.1) is 0 Å². The van der Waals surface area contributed by atoms with Crippen molar-refractivity contribution in [3.63, 3.8) is 0 Å². The molecule has 2 heteroatoms. The summed E-state index contributed by atoms with van der Waals surface area (Å²) in [5.41, 5.74) is 2.01. The molecule has 0 aliphatic heterocycles. The predicted molar refractivity (Wildman–Crippen MR) is 89.9 cm³/mol. The molecule has 0 spiro atoms. The fraction of sp³-hybridized carbons (Fsp3) is 0.526. The van der Waals surface area contributed by atoms with E-state index < -0.39 is 0 Å². The lowest BCUT2D eigenvalue weighted by molar-refractivity contribution is 0.112. The number of hydrogen-bond donors (Lipinski definition) is 1. The van der Waals surface area contributed by atoms with Crippen LogP contribution in [0.1, 0.15) is 62.2 Å². The summed E-state index contributed by atoms with van der Waals surface area (Å²) < 4.78 is 0. The second-order valence-electron chi connectivity index (χ2n) is 6.35. The summed E-state index contributed by atoms with van der Waals surface area (Å²) in [7, 11) is 0. The van der Waals surface area contributed by atoms with Crippen molar-refractivity contribution in [2.75, 3.05) is 5.32 Å². The summed E-state index contributed by atoms with van der Waals surface area (Å²) in [6.07, 6.45) is 11.6. The van der Waals surface area contributed by atoms with E-state index in [1.54, 1.807) is 0 Å². The van der Waals surface area contributed by atoms with E-state index in [4.69, 9.17) is 0 Å². The molecule has 1 aliphatic carbocycles. The highest BCUT2D eigenvalue weighted by Gasteiger charge is 2.36. The van der Waals surface area contributed by atoms with E-state index in [2.05, 4.69) is 18.8 Å². The van der Waals surface area contributed by atoms with Crippen molar-refractivity contribution in [1.82, 2.24) is 0 Å². The van der Waals surface area contributed by atoms with Crippen LogP contribution in [0.3, 0.4) is 0 Å². The van der Waals surface area contributed by atoms with Gasteiger partial charge >= 0.3 is 0 Å². The Morgan fingerprint density at radius 1 is 1.29 bits per heavy atom. The van der Waals surface area contributed by atoms with Gasteiger partial charge in [0.2, 0.25) is 0 Å². The Balaban J connectivity index is 2.20. The molecular weight excluding hydrogens is 258 g/mol. The molecule has 1 aromatic carbocycles. The first kappa shape index (κ1) is 15.8. The van der Waals surface area contributed by atoms with E-state index >= 15 is 0 Å². The standard InChI is InChI=1S/C19H27NO/c1-3-4-13-19(14-7-5-6-8-16(19)2)20-18-11-9-17(15-21)10-12-18/h3,9-12,15-16,20H,1,4-8,13-14H2,2H3. The zero-order valence-electron chi connectivity index (χ0n) is 13.1. The smallest absolute Gasteiger partial charge is 0.150 e. The van der Waals surface area contributed by atoms with Crippen LogP contribution in [0.2, 0.25) is 0 Å². The topological polar surface area (TPSA) is 29.1 Å². The molecule has 114 valence electrons. The zero-order chi connectivity index (χ0) is 15.1. The van der Waals surface area contributed by atoms with Crippen molar-refractivity contribution < 1.29 is 4.79 Å². The Morgan fingerprint density at radius 2 is 2.05 bits per heavy atom. The highest BCUT2D eigenvalue weighted by Crippen LogP contribution is 2.38. The second kappa shape index (κ2) is 7.44. The van der Waals surface area contributed by atoms with E-state index in [0.29, 0.717) is 5.92 Å². The van der Waals surface area contributed by atoms with Gasteiger partial charge in [-0.3, -0.25) is 4.79 Å². The number of anilines is 1. The number of benzene rings is 1. The van der Waals surface area contributed by atoms with Crippen molar-refractivity contribution in [2.24, 2.45) is 5.92 Å². The lowest BCUT2D eigenvalue weighted by Gasteiger charge is -2.40. The Hall–Kier alpha value is -1.57.